The summed E-state index contributed by atoms with van der Waals surface area (Å²) in [7, 11) is -0.892. The van der Waals surface area contributed by atoms with Crippen LogP contribution in [0.1, 0.15) is 39.5 Å². The van der Waals surface area contributed by atoms with Gasteiger partial charge in [0.2, 0.25) is 0 Å². The number of rotatable bonds is 9. The zero-order valence-electron chi connectivity index (χ0n) is 13.3. The van der Waals surface area contributed by atoms with Crippen molar-refractivity contribution >= 4 is 15.8 Å². The number of carbonyl (C=O) groups is 1. The molecule has 0 spiro atoms. The molecule has 6 nitrogen and oxygen atoms in total. The zero-order chi connectivity index (χ0) is 16.1. The maximum atomic E-state index is 11.5. The minimum atomic E-state index is -2.84. The molecule has 0 aromatic carbocycles. The third kappa shape index (κ3) is 5.56. The van der Waals surface area contributed by atoms with Gasteiger partial charge in [-0.25, -0.2) is 8.42 Å². The summed E-state index contributed by atoms with van der Waals surface area (Å²) in [6, 6.07) is 0.120. The van der Waals surface area contributed by atoms with Crippen molar-refractivity contribution in [3.8, 4) is 0 Å². The minimum absolute atomic E-state index is 0.120. The molecule has 0 aromatic heterocycles. The molecule has 2 atom stereocenters. The predicted octanol–water partition coefficient (Wildman–Crippen LogP) is 0.728. The average Bonchev–Trinajstić information content (AvgIpc) is 2.75. The fraction of sp³-hybridized carbons (Fsp3) is 0.929. The molecule has 124 valence electrons. The second-order valence-corrected chi connectivity index (χ2v) is 8.39. The van der Waals surface area contributed by atoms with Crippen LogP contribution in [0.5, 0.6) is 0 Å². The van der Waals surface area contributed by atoms with Crippen LogP contribution in [0.15, 0.2) is 0 Å². The molecule has 0 bridgehead atoms. The summed E-state index contributed by atoms with van der Waals surface area (Å²) < 4.78 is 22.9. The molecule has 0 amide bonds. The van der Waals surface area contributed by atoms with E-state index >= 15 is 0 Å². The number of nitrogens with one attached hydrogen (secondary N) is 1. The lowest BCUT2D eigenvalue weighted by molar-refractivity contribution is -0.144. The van der Waals surface area contributed by atoms with E-state index in [-0.39, 0.29) is 11.8 Å². The highest BCUT2D eigenvalue weighted by atomic mass is 32.2. The number of carboxylic acids is 1. The standard InChI is InChI=1S/C14H28N2O4S/c1-4-15-14(2,13(17)18)8-5-6-9-16(3)12-7-10-21(19,20)11-12/h12,15H,4-11H2,1-3H3,(H,17,18). The topological polar surface area (TPSA) is 86.7 Å². The summed E-state index contributed by atoms with van der Waals surface area (Å²) >= 11 is 0. The summed E-state index contributed by atoms with van der Waals surface area (Å²) in [5.74, 6) is -0.271. The van der Waals surface area contributed by atoms with Gasteiger partial charge in [-0.2, -0.15) is 0 Å². The quantitative estimate of drug-likeness (QED) is 0.609. The van der Waals surface area contributed by atoms with Crippen LogP contribution in [0, 0.1) is 0 Å². The first kappa shape index (κ1) is 18.4. The van der Waals surface area contributed by atoms with Crippen molar-refractivity contribution in [2.24, 2.45) is 0 Å². The molecule has 1 aliphatic heterocycles. The van der Waals surface area contributed by atoms with Crippen LogP contribution in [0.2, 0.25) is 0 Å². The minimum Gasteiger partial charge on any atom is -0.480 e. The Labute approximate surface area is 127 Å². The highest BCUT2D eigenvalue weighted by molar-refractivity contribution is 7.91. The number of aliphatic carboxylic acids is 1. The van der Waals surface area contributed by atoms with Crippen LogP contribution in [0.4, 0.5) is 0 Å². The smallest absolute Gasteiger partial charge is 0.323 e. The normalized spacial score (nSPS) is 24.1. The van der Waals surface area contributed by atoms with E-state index in [1.807, 2.05) is 14.0 Å². The van der Waals surface area contributed by atoms with E-state index in [1.54, 1.807) is 6.92 Å². The summed E-state index contributed by atoms with van der Waals surface area (Å²) in [4.78, 5) is 13.4. The van der Waals surface area contributed by atoms with Crippen LogP contribution in [-0.2, 0) is 14.6 Å². The van der Waals surface area contributed by atoms with E-state index in [0.717, 1.165) is 19.4 Å². The van der Waals surface area contributed by atoms with Crippen molar-refractivity contribution < 1.29 is 18.3 Å². The lowest BCUT2D eigenvalue weighted by atomic mass is 9.94. The van der Waals surface area contributed by atoms with Crippen molar-refractivity contribution in [1.29, 1.82) is 0 Å². The molecule has 0 aliphatic carbocycles. The summed E-state index contributed by atoms with van der Waals surface area (Å²) in [6.07, 6.45) is 2.97. The van der Waals surface area contributed by atoms with Crippen LogP contribution in [-0.4, -0.2) is 67.6 Å². The number of hydrogen-bond donors (Lipinski definition) is 2. The Balaban J connectivity index is 2.32. The Kier molecular flexibility index (Phi) is 6.62. The first-order chi connectivity index (χ1) is 9.70. The molecular weight excluding hydrogens is 292 g/mol. The molecule has 0 aromatic rings. The lowest BCUT2D eigenvalue weighted by Crippen LogP contribution is -2.49. The third-order valence-corrected chi connectivity index (χ3v) is 6.06. The second kappa shape index (κ2) is 7.56. The van der Waals surface area contributed by atoms with E-state index in [1.165, 1.54) is 0 Å². The molecule has 0 saturated carbocycles. The number of carboxylic acid groups (broad SMARTS) is 1. The van der Waals surface area contributed by atoms with Crippen molar-refractivity contribution in [2.75, 3.05) is 31.6 Å². The van der Waals surface area contributed by atoms with Gasteiger partial charge in [-0.15, -0.1) is 0 Å². The molecule has 1 rings (SSSR count). The van der Waals surface area contributed by atoms with Crippen molar-refractivity contribution in [3.05, 3.63) is 0 Å². The maximum Gasteiger partial charge on any atom is 0.323 e. The highest BCUT2D eigenvalue weighted by Crippen LogP contribution is 2.18. The summed E-state index contributed by atoms with van der Waals surface area (Å²) in [5.41, 5.74) is -0.871. The molecule has 1 heterocycles. The highest BCUT2D eigenvalue weighted by Gasteiger charge is 2.32. The van der Waals surface area contributed by atoms with E-state index in [4.69, 9.17) is 0 Å². The van der Waals surface area contributed by atoms with Crippen molar-refractivity contribution in [1.82, 2.24) is 10.2 Å². The van der Waals surface area contributed by atoms with Crippen molar-refractivity contribution in [2.45, 2.75) is 51.1 Å². The summed E-state index contributed by atoms with van der Waals surface area (Å²) in [6.45, 7) is 5.05. The molecule has 1 aliphatic rings. The number of unbranched alkanes of at least 4 members (excludes halogenated alkanes) is 1. The fourth-order valence-corrected chi connectivity index (χ4v) is 4.61. The van der Waals surface area contributed by atoms with E-state index in [0.29, 0.717) is 25.1 Å². The Morgan fingerprint density at radius 1 is 1.43 bits per heavy atom. The van der Waals surface area contributed by atoms with Crippen LogP contribution >= 0.6 is 0 Å². The van der Waals surface area contributed by atoms with Crippen LogP contribution in [0.3, 0.4) is 0 Å². The largest absolute Gasteiger partial charge is 0.480 e. The Morgan fingerprint density at radius 3 is 2.57 bits per heavy atom. The molecule has 2 N–H and O–H groups in total. The van der Waals surface area contributed by atoms with Gasteiger partial charge in [0, 0.05) is 6.04 Å². The average molecular weight is 320 g/mol. The van der Waals surface area contributed by atoms with Crippen LogP contribution in [0.25, 0.3) is 0 Å². The maximum absolute atomic E-state index is 11.5. The second-order valence-electron chi connectivity index (χ2n) is 6.16. The Hall–Kier alpha value is -0.660. The molecule has 0 radical (unpaired) electrons. The number of sulfone groups is 1. The van der Waals surface area contributed by atoms with E-state index in [9.17, 15) is 18.3 Å². The van der Waals surface area contributed by atoms with Crippen LogP contribution < -0.4 is 5.32 Å². The molecule has 7 heteroatoms. The van der Waals surface area contributed by atoms with Gasteiger partial charge in [0.15, 0.2) is 9.84 Å². The van der Waals surface area contributed by atoms with Gasteiger partial charge in [0.05, 0.1) is 11.5 Å². The third-order valence-electron chi connectivity index (χ3n) is 4.31. The van der Waals surface area contributed by atoms with Gasteiger partial charge in [-0.3, -0.25) is 4.79 Å². The van der Waals surface area contributed by atoms with Gasteiger partial charge in [-0.1, -0.05) is 6.92 Å². The number of nitrogens with zero attached hydrogens (tertiary/aromatic N) is 1. The first-order valence-electron chi connectivity index (χ1n) is 7.59. The van der Waals surface area contributed by atoms with Crippen molar-refractivity contribution in [3.63, 3.8) is 0 Å². The Morgan fingerprint density at radius 2 is 2.10 bits per heavy atom. The molecular formula is C14H28N2O4S. The van der Waals surface area contributed by atoms with Gasteiger partial charge in [-0.05, 0) is 52.7 Å². The predicted molar refractivity (Wildman–Crippen MR) is 83.3 cm³/mol. The molecule has 2 unspecified atom stereocenters. The summed E-state index contributed by atoms with van der Waals surface area (Å²) in [5, 5.41) is 12.3. The van der Waals surface area contributed by atoms with E-state index in [2.05, 4.69) is 10.2 Å². The van der Waals surface area contributed by atoms with Gasteiger partial charge < -0.3 is 15.3 Å². The number of hydrogen-bond acceptors (Lipinski definition) is 5. The zero-order valence-corrected chi connectivity index (χ0v) is 14.1. The Bertz CT molecular complexity index is 452. The lowest BCUT2D eigenvalue weighted by Gasteiger charge is -2.27. The van der Waals surface area contributed by atoms with Gasteiger partial charge in [0.1, 0.15) is 5.54 Å². The number of likely N-dealkylation sites (N-methyl/N-ethyl adjacent to an activating group) is 1. The van der Waals surface area contributed by atoms with Gasteiger partial charge in [0.25, 0.3) is 0 Å². The fourth-order valence-electron chi connectivity index (χ4n) is 2.81. The monoisotopic (exact) mass is 320 g/mol. The molecule has 1 saturated heterocycles. The van der Waals surface area contributed by atoms with Gasteiger partial charge >= 0.3 is 5.97 Å². The molecule has 21 heavy (non-hydrogen) atoms. The first-order valence-corrected chi connectivity index (χ1v) is 9.41. The SMILES string of the molecule is CCNC(C)(CCCCN(C)C1CCS(=O)(=O)C1)C(=O)O. The molecule has 1 fully saturated rings. The van der Waals surface area contributed by atoms with E-state index < -0.39 is 21.3 Å².